The minimum atomic E-state index is -0.0218. The summed E-state index contributed by atoms with van der Waals surface area (Å²) >= 11 is 0. The Morgan fingerprint density at radius 1 is 1.30 bits per heavy atom. The molecule has 0 spiro atoms. The minimum absolute atomic E-state index is 0.0218. The Morgan fingerprint density at radius 2 is 2.11 bits per heavy atom. The third kappa shape index (κ3) is 2.68. The zero-order chi connectivity index (χ0) is 19.1. The van der Waals surface area contributed by atoms with Gasteiger partial charge in [0, 0.05) is 35.3 Å². The molecule has 1 aliphatic heterocycles. The first-order valence-corrected chi connectivity index (χ1v) is 9.06. The molecule has 1 amide bonds. The Hall–Kier alpha value is -3.15. The predicted octanol–water partition coefficient (Wildman–Crippen LogP) is 3.56. The number of para-hydroxylation sites is 1. The molecule has 27 heavy (non-hydrogen) atoms. The molecule has 1 aromatic carbocycles. The van der Waals surface area contributed by atoms with E-state index in [9.17, 15) is 4.79 Å². The van der Waals surface area contributed by atoms with Crippen molar-refractivity contribution in [3.63, 3.8) is 0 Å². The maximum absolute atomic E-state index is 12.7. The zero-order valence-corrected chi connectivity index (χ0v) is 15.7. The van der Waals surface area contributed by atoms with Crippen LogP contribution in [0.3, 0.4) is 0 Å². The molecule has 4 rings (SSSR count). The number of nitrogen functional groups attached to an aromatic ring is 1. The van der Waals surface area contributed by atoms with E-state index in [1.54, 1.807) is 13.3 Å². The average molecular weight is 362 g/mol. The van der Waals surface area contributed by atoms with E-state index < -0.39 is 0 Å². The molecule has 0 bridgehead atoms. The number of nitrogens with zero attached hydrogens (tertiary/aromatic N) is 3. The topological polar surface area (TPSA) is 81.3 Å². The number of carbonyl (C=O) groups excluding carboxylic acids is 1. The van der Waals surface area contributed by atoms with Gasteiger partial charge in [0.1, 0.15) is 0 Å². The van der Waals surface area contributed by atoms with Crippen LogP contribution >= 0.6 is 0 Å². The number of benzene rings is 1. The molecule has 0 saturated carbocycles. The van der Waals surface area contributed by atoms with E-state index in [1.807, 2.05) is 36.1 Å². The summed E-state index contributed by atoms with van der Waals surface area (Å²) < 4.78 is 5.21. The average Bonchev–Trinajstić information content (AvgIpc) is 2.98. The molecule has 0 atom stereocenters. The lowest BCUT2D eigenvalue weighted by atomic mass is 9.97. The fraction of sp³-hybridized carbons (Fsp3) is 0.286. The maximum atomic E-state index is 12.7. The van der Waals surface area contributed by atoms with Gasteiger partial charge in [-0.2, -0.15) is 0 Å². The van der Waals surface area contributed by atoms with E-state index in [0.29, 0.717) is 30.2 Å². The molecule has 1 aliphatic rings. The summed E-state index contributed by atoms with van der Waals surface area (Å²) in [7, 11) is 1.60. The van der Waals surface area contributed by atoms with Gasteiger partial charge < -0.3 is 15.4 Å². The third-order valence-corrected chi connectivity index (χ3v) is 5.05. The van der Waals surface area contributed by atoms with Crippen molar-refractivity contribution in [3.8, 4) is 17.0 Å². The summed E-state index contributed by atoms with van der Waals surface area (Å²) in [5.41, 5.74) is 12.0. The van der Waals surface area contributed by atoms with Gasteiger partial charge in [-0.15, -0.1) is 0 Å². The summed E-state index contributed by atoms with van der Waals surface area (Å²) in [6.45, 7) is 5.29. The van der Waals surface area contributed by atoms with Crippen molar-refractivity contribution in [2.75, 3.05) is 19.4 Å². The molecule has 2 N–H and O–H groups in total. The zero-order valence-electron chi connectivity index (χ0n) is 15.7. The summed E-state index contributed by atoms with van der Waals surface area (Å²) in [5.74, 6) is 0.553. The predicted molar refractivity (Wildman–Crippen MR) is 106 cm³/mol. The van der Waals surface area contributed by atoms with Gasteiger partial charge in [0.25, 0.3) is 5.91 Å². The summed E-state index contributed by atoms with van der Waals surface area (Å²) in [6, 6.07) is 7.77. The first-order valence-electron chi connectivity index (χ1n) is 9.06. The highest BCUT2D eigenvalue weighted by atomic mass is 16.5. The molecule has 2 aromatic heterocycles. The van der Waals surface area contributed by atoms with Crippen LogP contribution in [0.5, 0.6) is 5.88 Å². The fourth-order valence-corrected chi connectivity index (χ4v) is 3.72. The summed E-state index contributed by atoms with van der Waals surface area (Å²) in [4.78, 5) is 23.7. The second kappa shape index (κ2) is 6.54. The Morgan fingerprint density at radius 3 is 2.81 bits per heavy atom. The highest BCUT2D eigenvalue weighted by Crippen LogP contribution is 2.37. The van der Waals surface area contributed by atoms with Crippen molar-refractivity contribution in [3.05, 3.63) is 47.3 Å². The largest absolute Gasteiger partial charge is 0.481 e. The van der Waals surface area contributed by atoms with Crippen molar-refractivity contribution in [1.82, 2.24) is 14.9 Å². The molecule has 0 saturated heterocycles. The number of aromatic nitrogens is 2. The van der Waals surface area contributed by atoms with Gasteiger partial charge in [-0.3, -0.25) is 4.79 Å². The van der Waals surface area contributed by atoms with Gasteiger partial charge in [0.2, 0.25) is 5.88 Å². The molecule has 6 nitrogen and oxygen atoms in total. The van der Waals surface area contributed by atoms with E-state index >= 15 is 0 Å². The molecule has 138 valence electrons. The van der Waals surface area contributed by atoms with Crippen molar-refractivity contribution >= 4 is 22.5 Å². The lowest BCUT2D eigenvalue weighted by molar-refractivity contribution is 0.0779. The van der Waals surface area contributed by atoms with Crippen LogP contribution in [0.2, 0.25) is 0 Å². The van der Waals surface area contributed by atoms with Gasteiger partial charge in [0.15, 0.2) is 0 Å². The Bertz CT molecular complexity index is 1060. The fourth-order valence-electron chi connectivity index (χ4n) is 3.72. The van der Waals surface area contributed by atoms with Gasteiger partial charge in [-0.25, -0.2) is 9.97 Å². The van der Waals surface area contributed by atoms with Crippen LogP contribution < -0.4 is 10.5 Å². The molecule has 3 aromatic rings. The summed E-state index contributed by atoms with van der Waals surface area (Å²) in [5, 5.41) is 0.799. The SMILES string of the molecule is CCCN1Cc2nc3c(-c4cnc(OC)cc4C)cccc3c(N)c2C1=O. The number of amides is 1. The number of fused-ring (bicyclic) bond motifs is 2. The molecule has 0 fully saturated rings. The van der Waals surface area contributed by atoms with E-state index in [-0.39, 0.29) is 5.91 Å². The number of rotatable bonds is 4. The van der Waals surface area contributed by atoms with Crippen LogP contribution in [0, 0.1) is 6.92 Å². The van der Waals surface area contributed by atoms with E-state index in [0.717, 1.165) is 39.7 Å². The molecule has 0 aliphatic carbocycles. The number of hydrogen-bond donors (Lipinski definition) is 1. The van der Waals surface area contributed by atoms with Gasteiger partial charge in [0.05, 0.1) is 36.1 Å². The van der Waals surface area contributed by atoms with Gasteiger partial charge in [-0.1, -0.05) is 25.1 Å². The van der Waals surface area contributed by atoms with E-state index in [4.69, 9.17) is 15.5 Å². The number of pyridine rings is 2. The first-order chi connectivity index (χ1) is 13.0. The molecule has 6 heteroatoms. The van der Waals surface area contributed by atoms with Gasteiger partial charge in [-0.05, 0) is 18.9 Å². The monoisotopic (exact) mass is 362 g/mol. The van der Waals surface area contributed by atoms with Crippen molar-refractivity contribution < 1.29 is 9.53 Å². The number of ether oxygens (including phenoxy) is 1. The second-order valence-electron chi connectivity index (χ2n) is 6.82. The van der Waals surface area contributed by atoms with Crippen LogP contribution in [0.25, 0.3) is 22.0 Å². The third-order valence-electron chi connectivity index (χ3n) is 5.05. The highest BCUT2D eigenvalue weighted by molar-refractivity contribution is 6.11. The standard InChI is InChI=1S/C21H22N4O2/c1-4-8-25-11-16-18(21(25)26)19(22)14-7-5-6-13(20(14)24-16)15-10-23-17(27-3)9-12(15)2/h5-7,9-10H,4,8,11H2,1-3H3,(H2,22,24). The van der Waals surface area contributed by atoms with Crippen molar-refractivity contribution in [2.24, 2.45) is 0 Å². The second-order valence-corrected chi connectivity index (χ2v) is 6.82. The smallest absolute Gasteiger partial charge is 0.258 e. The number of aryl methyl sites for hydroxylation is 1. The van der Waals surface area contributed by atoms with Crippen LogP contribution in [-0.4, -0.2) is 34.4 Å². The first kappa shape index (κ1) is 17.3. The highest BCUT2D eigenvalue weighted by Gasteiger charge is 2.31. The van der Waals surface area contributed by atoms with Gasteiger partial charge >= 0.3 is 0 Å². The Kier molecular flexibility index (Phi) is 4.18. The Labute approximate surface area is 158 Å². The quantitative estimate of drug-likeness (QED) is 0.767. The number of hydrogen-bond acceptors (Lipinski definition) is 5. The lowest BCUT2D eigenvalue weighted by Gasteiger charge is -2.13. The van der Waals surface area contributed by atoms with Crippen LogP contribution in [-0.2, 0) is 6.54 Å². The van der Waals surface area contributed by atoms with E-state index in [1.165, 1.54) is 0 Å². The molecule has 0 unspecified atom stereocenters. The molecule has 3 heterocycles. The lowest BCUT2D eigenvalue weighted by Crippen LogP contribution is -2.24. The number of nitrogens with two attached hydrogens (primary N) is 1. The van der Waals surface area contributed by atoms with Crippen molar-refractivity contribution in [2.45, 2.75) is 26.8 Å². The molecular weight excluding hydrogens is 340 g/mol. The minimum Gasteiger partial charge on any atom is -0.481 e. The van der Waals surface area contributed by atoms with Crippen LogP contribution in [0.4, 0.5) is 5.69 Å². The number of anilines is 1. The molecular formula is C21H22N4O2. The van der Waals surface area contributed by atoms with Crippen LogP contribution in [0.1, 0.15) is 35.0 Å². The number of carbonyl (C=O) groups is 1. The molecule has 0 radical (unpaired) electrons. The number of methoxy groups -OCH3 is 1. The summed E-state index contributed by atoms with van der Waals surface area (Å²) in [6.07, 6.45) is 2.70. The normalized spacial score (nSPS) is 13.3. The van der Waals surface area contributed by atoms with Crippen molar-refractivity contribution in [1.29, 1.82) is 0 Å². The van der Waals surface area contributed by atoms with E-state index in [2.05, 4.69) is 11.9 Å². The van der Waals surface area contributed by atoms with Crippen LogP contribution in [0.15, 0.2) is 30.5 Å². The maximum Gasteiger partial charge on any atom is 0.258 e. The Balaban J connectivity index is 1.92.